The minimum absolute atomic E-state index is 0.299. The van der Waals surface area contributed by atoms with Gasteiger partial charge in [0.15, 0.2) is 0 Å². The molecule has 5 heteroatoms. The molecule has 0 aliphatic carbocycles. The zero-order valence-electron chi connectivity index (χ0n) is 12.9. The van der Waals surface area contributed by atoms with Crippen molar-refractivity contribution in [2.24, 2.45) is 7.05 Å². The molecule has 3 heterocycles. The van der Waals surface area contributed by atoms with Gasteiger partial charge in [0.05, 0.1) is 17.4 Å². The first kappa shape index (κ1) is 13.2. The molecule has 2 aromatic heterocycles. The summed E-state index contributed by atoms with van der Waals surface area (Å²) in [4.78, 5) is 0. The SMILES string of the molecule is Cc1nn(C)c(C)c1C1CCNc2cc(C(C)C)nn21. The van der Waals surface area contributed by atoms with Crippen LogP contribution >= 0.6 is 0 Å². The Hall–Kier alpha value is -1.78. The molecule has 0 bridgehead atoms. The first-order valence-electron chi connectivity index (χ1n) is 7.32. The quantitative estimate of drug-likeness (QED) is 0.915. The number of nitrogens with zero attached hydrogens (tertiary/aromatic N) is 4. The minimum atomic E-state index is 0.299. The molecule has 1 N–H and O–H groups in total. The molecule has 1 atom stereocenters. The van der Waals surface area contributed by atoms with Crippen LogP contribution in [0.1, 0.15) is 54.9 Å². The molecule has 0 aromatic carbocycles. The van der Waals surface area contributed by atoms with Crippen LogP contribution in [0, 0.1) is 13.8 Å². The van der Waals surface area contributed by atoms with Crippen molar-refractivity contribution in [3.8, 4) is 0 Å². The van der Waals surface area contributed by atoms with Gasteiger partial charge in [0, 0.05) is 30.9 Å². The van der Waals surface area contributed by atoms with E-state index >= 15 is 0 Å². The zero-order chi connectivity index (χ0) is 14.4. The van der Waals surface area contributed by atoms with Gasteiger partial charge in [-0.2, -0.15) is 10.2 Å². The summed E-state index contributed by atoms with van der Waals surface area (Å²) < 4.78 is 4.12. The number of fused-ring (bicyclic) bond motifs is 1. The summed E-state index contributed by atoms with van der Waals surface area (Å²) in [7, 11) is 2.01. The van der Waals surface area contributed by atoms with Gasteiger partial charge in [-0.1, -0.05) is 13.8 Å². The van der Waals surface area contributed by atoms with E-state index in [2.05, 4.69) is 48.9 Å². The Kier molecular flexibility index (Phi) is 3.07. The number of aromatic nitrogens is 4. The van der Waals surface area contributed by atoms with E-state index in [1.54, 1.807) is 0 Å². The minimum Gasteiger partial charge on any atom is -0.370 e. The highest BCUT2D eigenvalue weighted by atomic mass is 15.4. The van der Waals surface area contributed by atoms with Crippen LogP contribution in [0.4, 0.5) is 5.82 Å². The third kappa shape index (κ3) is 1.92. The van der Waals surface area contributed by atoms with Crippen molar-refractivity contribution in [1.82, 2.24) is 19.6 Å². The molecule has 0 amide bonds. The number of rotatable bonds is 2. The largest absolute Gasteiger partial charge is 0.370 e. The Labute approximate surface area is 120 Å². The summed E-state index contributed by atoms with van der Waals surface area (Å²) in [5.41, 5.74) is 4.83. The highest BCUT2D eigenvalue weighted by Gasteiger charge is 2.28. The monoisotopic (exact) mass is 273 g/mol. The molecule has 0 saturated heterocycles. The van der Waals surface area contributed by atoms with Crippen LogP contribution in [0.5, 0.6) is 0 Å². The average molecular weight is 273 g/mol. The summed E-state index contributed by atoms with van der Waals surface area (Å²) in [6.07, 6.45) is 1.06. The third-order valence-electron chi connectivity index (χ3n) is 4.26. The van der Waals surface area contributed by atoms with Crippen molar-refractivity contribution in [3.63, 3.8) is 0 Å². The van der Waals surface area contributed by atoms with Crippen molar-refractivity contribution in [1.29, 1.82) is 0 Å². The van der Waals surface area contributed by atoms with Crippen molar-refractivity contribution >= 4 is 5.82 Å². The number of anilines is 1. The van der Waals surface area contributed by atoms with E-state index in [9.17, 15) is 0 Å². The predicted molar refractivity (Wildman–Crippen MR) is 80.2 cm³/mol. The molecule has 108 valence electrons. The fourth-order valence-electron chi connectivity index (χ4n) is 3.06. The molecule has 5 nitrogen and oxygen atoms in total. The predicted octanol–water partition coefficient (Wildman–Crippen LogP) is 2.76. The third-order valence-corrected chi connectivity index (χ3v) is 4.26. The Morgan fingerprint density at radius 1 is 1.30 bits per heavy atom. The molecular weight excluding hydrogens is 250 g/mol. The molecule has 1 aliphatic rings. The number of hydrogen-bond acceptors (Lipinski definition) is 3. The summed E-state index contributed by atoms with van der Waals surface area (Å²) in [5, 5.41) is 12.8. The summed E-state index contributed by atoms with van der Waals surface area (Å²) >= 11 is 0. The molecule has 1 aliphatic heterocycles. The van der Waals surface area contributed by atoms with Crippen LogP contribution in [-0.4, -0.2) is 26.1 Å². The Morgan fingerprint density at radius 2 is 2.05 bits per heavy atom. The van der Waals surface area contributed by atoms with Crippen LogP contribution in [-0.2, 0) is 7.05 Å². The molecule has 20 heavy (non-hydrogen) atoms. The molecule has 3 rings (SSSR count). The lowest BCUT2D eigenvalue weighted by atomic mass is 10.0. The van der Waals surface area contributed by atoms with Crippen LogP contribution in [0.2, 0.25) is 0 Å². The van der Waals surface area contributed by atoms with Crippen molar-refractivity contribution in [3.05, 3.63) is 28.7 Å². The first-order valence-corrected chi connectivity index (χ1v) is 7.32. The Balaban J connectivity index is 2.09. The average Bonchev–Trinajstić information content (AvgIpc) is 2.92. The van der Waals surface area contributed by atoms with Gasteiger partial charge in [0.25, 0.3) is 0 Å². The molecule has 0 fully saturated rings. The van der Waals surface area contributed by atoms with Crippen molar-refractivity contribution < 1.29 is 0 Å². The smallest absolute Gasteiger partial charge is 0.125 e. The van der Waals surface area contributed by atoms with E-state index in [-0.39, 0.29) is 0 Å². The highest BCUT2D eigenvalue weighted by Crippen LogP contribution is 2.34. The zero-order valence-corrected chi connectivity index (χ0v) is 12.9. The van der Waals surface area contributed by atoms with Gasteiger partial charge in [0.2, 0.25) is 0 Å². The van der Waals surface area contributed by atoms with E-state index < -0.39 is 0 Å². The van der Waals surface area contributed by atoms with Crippen molar-refractivity contribution in [2.75, 3.05) is 11.9 Å². The van der Waals surface area contributed by atoms with E-state index in [0.29, 0.717) is 12.0 Å². The number of hydrogen-bond donors (Lipinski definition) is 1. The lowest BCUT2D eigenvalue weighted by Crippen LogP contribution is -2.25. The second-order valence-electron chi connectivity index (χ2n) is 5.99. The van der Waals surface area contributed by atoms with Gasteiger partial charge < -0.3 is 5.32 Å². The normalized spacial score (nSPS) is 18.2. The van der Waals surface area contributed by atoms with E-state index in [1.807, 2.05) is 11.7 Å². The van der Waals surface area contributed by atoms with Crippen molar-refractivity contribution in [2.45, 2.75) is 46.1 Å². The van der Waals surface area contributed by atoms with E-state index in [0.717, 1.165) is 30.2 Å². The molecule has 0 radical (unpaired) electrons. The molecule has 0 saturated carbocycles. The van der Waals surface area contributed by atoms with Gasteiger partial charge >= 0.3 is 0 Å². The van der Waals surface area contributed by atoms with Crippen LogP contribution in [0.3, 0.4) is 0 Å². The Morgan fingerprint density at radius 3 is 2.65 bits per heavy atom. The van der Waals surface area contributed by atoms with Gasteiger partial charge in [-0.05, 0) is 26.2 Å². The maximum atomic E-state index is 4.82. The summed E-state index contributed by atoms with van der Waals surface area (Å²) in [6, 6.07) is 2.48. The van der Waals surface area contributed by atoms with Crippen LogP contribution < -0.4 is 5.32 Å². The van der Waals surface area contributed by atoms with Gasteiger partial charge in [-0.15, -0.1) is 0 Å². The number of nitrogens with one attached hydrogen (secondary N) is 1. The maximum Gasteiger partial charge on any atom is 0.125 e. The highest BCUT2D eigenvalue weighted by molar-refractivity contribution is 5.43. The second kappa shape index (κ2) is 4.65. The standard InChI is InChI=1S/C15H23N5/c1-9(2)12-8-14-16-7-6-13(20(14)18-12)15-10(3)17-19(5)11(15)4/h8-9,13,16H,6-7H2,1-5H3. The van der Waals surface area contributed by atoms with E-state index in [4.69, 9.17) is 5.10 Å². The van der Waals surface area contributed by atoms with Gasteiger partial charge in [-0.3, -0.25) is 4.68 Å². The van der Waals surface area contributed by atoms with Gasteiger partial charge in [-0.25, -0.2) is 4.68 Å². The Bertz CT molecular complexity index is 635. The number of aryl methyl sites for hydroxylation is 2. The topological polar surface area (TPSA) is 47.7 Å². The fraction of sp³-hybridized carbons (Fsp3) is 0.600. The molecular formula is C15H23N5. The lowest BCUT2D eigenvalue weighted by molar-refractivity contribution is 0.472. The second-order valence-corrected chi connectivity index (χ2v) is 5.99. The maximum absolute atomic E-state index is 4.82. The first-order chi connectivity index (χ1) is 9.49. The van der Waals surface area contributed by atoms with Crippen LogP contribution in [0.15, 0.2) is 6.07 Å². The fourth-order valence-corrected chi connectivity index (χ4v) is 3.06. The summed E-state index contributed by atoms with van der Waals surface area (Å²) in [5.74, 6) is 1.58. The van der Waals surface area contributed by atoms with Gasteiger partial charge in [0.1, 0.15) is 5.82 Å². The lowest BCUT2D eigenvalue weighted by Gasteiger charge is -2.26. The van der Waals surface area contributed by atoms with Crippen LogP contribution in [0.25, 0.3) is 0 Å². The molecule has 2 aromatic rings. The molecule has 0 spiro atoms. The molecule has 1 unspecified atom stereocenters. The summed E-state index contributed by atoms with van der Waals surface area (Å²) in [6.45, 7) is 9.59. The van der Waals surface area contributed by atoms with E-state index in [1.165, 1.54) is 11.3 Å².